The van der Waals surface area contributed by atoms with Crippen LogP contribution >= 0.6 is 0 Å². The number of rotatable bonds is 3. The molecule has 1 saturated heterocycles. The van der Waals surface area contributed by atoms with E-state index in [4.69, 9.17) is 0 Å². The number of piperazine rings is 1. The van der Waals surface area contributed by atoms with Crippen molar-refractivity contribution >= 4 is 12.0 Å². The van der Waals surface area contributed by atoms with Crippen LogP contribution in [0.3, 0.4) is 0 Å². The summed E-state index contributed by atoms with van der Waals surface area (Å²) >= 11 is 0. The predicted octanol–water partition coefficient (Wildman–Crippen LogP) is 1.18. The number of carbonyl (C=O) groups excluding carboxylic acids is 1. The van der Waals surface area contributed by atoms with Crippen molar-refractivity contribution < 1.29 is 4.79 Å². The van der Waals surface area contributed by atoms with Crippen LogP contribution in [0.25, 0.3) is 0 Å². The lowest BCUT2D eigenvalue weighted by atomic mass is 10.1. The molecule has 0 bridgehead atoms. The fourth-order valence-electron chi connectivity index (χ4n) is 2.13. The zero-order valence-corrected chi connectivity index (χ0v) is 9.72. The van der Waals surface area contributed by atoms with Gasteiger partial charge in [-0.25, -0.2) is 0 Å². The summed E-state index contributed by atoms with van der Waals surface area (Å²) in [4.78, 5) is 15.3. The Bertz CT molecular complexity index is 357. The first-order valence-electron chi connectivity index (χ1n) is 5.76. The number of hydrogen-bond donors (Lipinski definition) is 0. The summed E-state index contributed by atoms with van der Waals surface area (Å²) in [6.07, 6.45) is 1.50. The minimum absolute atomic E-state index is 0.516. The van der Waals surface area contributed by atoms with Crippen LogP contribution in [-0.4, -0.2) is 44.4 Å². The van der Waals surface area contributed by atoms with E-state index >= 15 is 0 Å². The summed E-state index contributed by atoms with van der Waals surface area (Å²) in [6, 6.07) is 8.20. The predicted molar refractivity (Wildman–Crippen MR) is 65.9 cm³/mol. The Kier molecular flexibility index (Phi) is 3.57. The third kappa shape index (κ3) is 2.42. The van der Waals surface area contributed by atoms with Crippen LogP contribution < -0.4 is 4.90 Å². The molecule has 0 atom stereocenters. The number of para-hydroxylation sites is 1. The van der Waals surface area contributed by atoms with Crippen LogP contribution in [0.5, 0.6) is 0 Å². The number of anilines is 1. The maximum absolute atomic E-state index is 10.6. The lowest BCUT2D eigenvalue weighted by molar-refractivity contribution is -0.107. The summed E-state index contributed by atoms with van der Waals surface area (Å²) < 4.78 is 0. The highest BCUT2D eigenvalue weighted by Crippen LogP contribution is 2.21. The molecule has 1 aromatic carbocycles. The fourth-order valence-corrected chi connectivity index (χ4v) is 2.13. The van der Waals surface area contributed by atoms with Crippen LogP contribution in [0, 0.1) is 0 Å². The molecule has 0 unspecified atom stereocenters. The summed E-state index contributed by atoms with van der Waals surface area (Å²) in [5.74, 6) is 0. The first-order valence-corrected chi connectivity index (χ1v) is 5.76. The van der Waals surface area contributed by atoms with Crippen LogP contribution in [0.2, 0.25) is 0 Å². The van der Waals surface area contributed by atoms with E-state index in [1.807, 2.05) is 18.2 Å². The van der Waals surface area contributed by atoms with Crippen molar-refractivity contribution in [3.05, 3.63) is 29.8 Å². The number of hydrogen-bond acceptors (Lipinski definition) is 3. The summed E-state index contributed by atoms with van der Waals surface area (Å²) in [7, 11) is 2.15. The number of likely N-dealkylation sites (N-methyl/N-ethyl adjacent to an activating group) is 1. The van der Waals surface area contributed by atoms with Crippen molar-refractivity contribution in [2.75, 3.05) is 38.1 Å². The molecule has 0 N–H and O–H groups in total. The third-order valence-corrected chi connectivity index (χ3v) is 3.14. The van der Waals surface area contributed by atoms with Gasteiger partial charge in [-0.15, -0.1) is 0 Å². The molecule has 86 valence electrons. The van der Waals surface area contributed by atoms with E-state index in [-0.39, 0.29) is 0 Å². The van der Waals surface area contributed by atoms with Crippen molar-refractivity contribution in [2.24, 2.45) is 0 Å². The molecule has 0 radical (unpaired) electrons. The van der Waals surface area contributed by atoms with Crippen LogP contribution in [0.1, 0.15) is 5.56 Å². The Hall–Kier alpha value is -1.35. The second-order valence-corrected chi connectivity index (χ2v) is 4.29. The van der Waals surface area contributed by atoms with Gasteiger partial charge in [-0.3, -0.25) is 0 Å². The molecule has 1 heterocycles. The van der Waals surface area contributed by atoms with Crippen molar-refractivity contribution in [1.29, 1.82) is 0 Å². The van der Waals surface area contributed by atoms with Crippen molar-refractivity contribution in [2.45, 2.75) is 6.42 Å². The largest absolute Gasteiger partial charge is 0.369 e. The quantitative estimate of drug-likeness (QED) is 0.712. The normalized spacial score (nSPS) is 17.4. The van der Waals surface area contributed by atoms with Gasteiger partial charge < -0.3 is 14.6 Å². The number of nitrogens with zero attached hydrogens (tertiary/aromatic N) is 2. The molecule has 1 fully saturated rings. The molecule has 0 aromatic heterocycles. The van der Waals surface area contributed by atoms with E-state index in [0.29, 0.717) is 6.42 Å². The molecule has 0 saturated carbocycles. The second kappa shape index (κ2) is 5.12. The number of aldehydes is 1. The Morgan fingerprint density at radius 2 is 1.88 bits per heavy atom. The average molecular weight is 218 g/mol. The summed E-state index contributed by atoms with van der Waals surface area (Å²) in [5, 5.41) is 0. The fraction of sp³-hybridized carbons (Fsp3) is 0.462. The van der Waals surface area contributed by atoms with Gasteiger partial charge in [0.2, 0.25) is 0 Å². The maximum atomic E-state index is 10.6. The van der Waals surface area contributed by atoms with Crippen molar-refractivity contribution in [3.8, 4) is 0 Å². The monoisotopic (exact) mass is 218 g/mol. The van der Waals surface area contributed by atoms with Gasteiger partial charge in [-0.1, -0.05) is 18.2 Å². The van der Waals surface area contributed by atoms with E-state index in [0.717, 1.165) is 38.0 Å². The Labute approximate surface area is 96.7 Å². The van der Waals surface area contributed by atoms with Crippen LogP contribution in [0.15, 0.2) is 24.3 Å². The standard InChI is InChI=1S/C13H18N2O/c1-14-7-9-15(10-8-14)13-5-3-2-4-12(13)6-11-16/h2-5,11H,6-10H2,1H3. The lowest BCUT2D eigenvalue weighted by Gasteiger charge is -2.35. The summed E-state index contributed by atoms with van der Waals surface area (Å²) in [5.41, 5.74) is 2.37. The zero-order chi connectivity index (χ0) is 11.4. The molecule has 0 spiro atoms. The highest BCUT2D eigenvalue weighted by atomic mass is 16.1. The van der Waals surface area contributed by atoms with Gasteiger partial charge in [0.05, 0.1) is 0 Å². The van der Waals surface area contributed by atoms with Gasteiger partial charge in [-0.2, -0.15) is 0 Å². The van der Waals surface area contributed by atoms with E-state index in [2.05, 4.69) is 22.9 Å². The van der Waals surface area contributed by atoms with Gasteiger partial charge >= 0.3 is 0 Å². The Morgan fingerprint density at radius 3 is 2.56 bits per heavy atom. The van der Waals surface area contributed by atoms with E-state index in [1.165, 1.54) is 5.69 Å². The van der Waals surface area contributed by atoms with Gasteiger partial charge in [0, 0.05) is 38.3 Å². The molecular weight excluding hydrogens is 200 g/mol. The Morgan fingerprint density at radius 1 is 1.19 bits per heavy atom. The topological polar surface area (TPSA) is 23.6 Å². The summed E-state index contributed by atoms with van der Waals surface area (Å²) in [6.45, 7) is 4.28. The number of benzene rings is 1. The molecule has 1 aliphatic heterocycles. The second-order valence-electron chi connectivity index (χ2n) is 4.29. The van der Waals surface area contributed by atoms with E-state index < -0.39 is 0 Å². The highest BCUT2D eigenvalue weighted by molar-refractivity contribution is 5.63. The molecule has 16 heavy (non-hydrogen) atoms. The molecule has 1 aromatic rings. The zero-order valence-electron chi connectivity index (χ0n) is 9.72. The first kappa shape index (κ1) is 11.1. The molecule has 0 amide bonds. The van der Waals surface area contributed by atoms with Gasteiger partial charge in [-0.05, 0) is 18.7 Å². The van der Waals surface area contributed by atoms with Gasteiger partial charge in [0.25, 0.3) is 0 Å². The van der Waals surface area contributed by atoms with E-state index in [9.17, 15) is 4.79 Å². The number of carbonyl (C=O) groups is 1. The van der Waals surface area contributed by atoms with Crippen LogP contribution in [-0.2, 0) is 11.2 Å². The molecule has 3 nitrogen and oxygen atoms in total. The molecule has 3 heteroatoms. The first-order chi connectivity index (χ1) is 7.81. The third-order valence-electron chi connectivity index (χ3n) is 3.14. The van der Waals surface area contributed by atoms with Gasteiger partial charge in [0.15, 0.2) is 0 Å². The SMILES string of the molecule is CN1CCN(c2ccccc2CC=O)CC1. The smallest absolute Gasteiger partial charge is 0.124 e. The maximum Gasteiger partial charge on any atom is 0.124 e. The van der Waals surface area contributed by atoms with Crippen molar-refractivity contribution in [1.82, 2.24) is 4.90 Å². The van der Waals surface area contributed by atoms with Crippen molar-refractivity contribution in [3.63, 3.8) is 0 Å². The van der Waals surface area contributed by atoms with Gasteiger partial charge in [0.1, 0.15) is 6.29 Å². The van der Waals surface area contributed by atoms with E-state index in [1.54, 1.807) is 0 Å². The minimum Gasteiger partial charge on any atom is -0.369 e. The molecule has 1 aliphatic rings. The average Bonchev–Trinajstić information content (AvgIpc) is 2.32. The van der Waals surface area contributed by atoms with Crippen LogP contribution in [0.4, 0.5) is 5.69 Å². The molecule has 0 aliphatic carbocycles. The lowest BCUT2D eigenvalue weighted by Crippen LogP contribution is -2.44. The highest BCUT2D eigenvalue weighted by Gasteiger charge is 2.16. The molecule has 2 rings (SSSR count). The minimum atomic E-state index is 0.516. The molecular formula is C13H18N2O. The Balaban J connectivity index is 2.16.